The third-order valence-corrected chi connectivity index (χ3v) is 8.28. The van der Waals surface area contributed by atoms with Crippen LogP contribution in [0, 0.1) is 17.8 Å². The van der Waals surface area contributed by atoms with Crippen LogP contribution in [-0.2, 0) is 23.7 Å². The molecular formula is C43H96Cl4O16. The number of carboxylic acids is 1. The molecule has 0 aromatic heterocycles. The molecule has 0 aliphatic rings. The van der Waals surface area contributed by atoms with E-state index >= 15 is 0 Å². The monoisotopic (exact) mass is 1010 g/mol. The van der Waals surface area contributed by atoms with Gasteiger partial charge in [-0.15, -0.1) is 0 Å². The lowest BCUT2D eigenvalue weighted by Gasteiger charge is -2.11. The van der Waals surface area contributed by atoms with Crippen molar-refractivity contribution < 1.29 is 79.3 Å². The van der Waals surface area contributed by atoms with Crippen LogP contribution in [0.4, 0.5) is 9.59 Å². The third kappa shape index (κ3) is 110. The third-order valence-electron chi connectivity index (χ3n) is 7.71. The lowest BCUT2D eigenvalue weighted by Crippen LogP contribution is -2.18. The molecule has 0 aliphatic carbocycles. The number of methoxy groups -OCH3 is 2. The molecule has 0 saturated carbocycles. The van der Waals surface area contributed by atoms with Gasteiger partial charge in [-0.3, -0.25) is 0 Å². The van der Waals surface area contributed by atoms with E-state index in [0.29, 0.717) is 51.1 Å². The van der Waals surface area contributed by atoms with E-state index in [0.717, 1.165) is 38.0 Å². The summed E-state index contributed by atoms with van der Waals surface area (Å²) in [4.78, 5) is 28.3. The smallest absolute Gasteiger partial charge is 0.404 e. The Balaban J connectivity index is -0.0000000630. The van der Waals surface area contributed by atoms with Gasteiger partial charge in [-0.05, 0) is 49.9 Å². The number of aliphatic hydroxyl groups excluding tert-OH is 8. The molecule has 0 aliphatic heterocycles. The molecule has 0 aromatic rings. The minimum absolute atomic E-state index is 0. The van der Waals surface area contributed by atoms with E-state index in [1.54, 1.807) is 14.2 Å². The number of hydrogen-bond donors (Lipinski definition) is 9. The molecule has 9 N–H and O–H groups in total. The van der Waals surface area contributed by atoms with E-state index < -0.39 is 33.9 Å². The minimum Gasteiger partial charge on any atom is -0.479 e. The number of alkyl halides is 2. The molecule has 0 amide bonds. The highest BCUT2D eigenvalue weighted by atomic mass is 35.5. The van der Waals surface area contributed by atoms with E-state index in [1.807, 2.05) is 55.4 Å². The van der Waals surface area contributed by atoms with Gasteiger partial charge in [0.2, 0.25) is 4.84 Å². The first kappa shape index (κ1) is 85.5. The lowest BCUT2D eigenvalue weighted by atomic mass is 10.1. The number of carbonyl (C=O) groups is 3. The first-order chi connectivity index (χ1) is 28.9. The van der Waals surface area contributed by atoms with Crippen LogP contribution in [0.1, 0.15) is 148 Å². The van der Waals surface area contributed by atoms with Crippen molar-refractivity contribution in [3.8, 4) is 0 Å². The standard InChI is InChI=1S/C6H11ClO3.C6H11ClO2.C6H14.C5H12O2.2C5H12O.C4H10O2.C3H8O3.C2H2Cl2O2.CH4/c1-3-5(4-9-2)10-6(7)8;1-3-5(2)4-9-6(7)8;1-4-6(3)5-2;1-3-5(6)4-7-2;1-3-5(2)4-6;1-3-5(6)4-2;1-2-4(6)3-5;4-1-3(6)2-5;3-1(4)2(5)6;/h5H,3-4H2,1-2H3;5H,3-4H2,1-2H3;6H,4-5H2,1-3H3;5-6H,3-4H2,1-2H3;2*5-6H,3-4H2,1-2H3;4-6H,2-3H2,1H3;3-6H,1-2H2;1H,(H,5,6);1H4. The molecule has 20 heteroatoms. The quantitative estimate of drug-likeness (QED) is 0.0384. The first-order valence-electron chi connectivity index (χ1n) is 21.2. The Morgan fingerprint density at radius 1 is 0.476 bits per heavy atom. The largest absolute Gasteiger partial charge is 0.479 e. The minimum atomic E-state index is -1.29. The first-order valence-corrected chi connectivity index (χ1v) is 22.8. The van der Waals surface area contributed by atoms with E-state index in [1.165, 1.54) is 12.8 Å². The van der Waals surface area contributed by atoms with Crippen molar-refractivity contribution in [2.45, 2.75) is 184 Å². The maximum Gasteiger partial charge on any atom is 0.404 e. The Kier molecular flexibility index (Phi) is 98.7. The van der Waals surface area contributed by atoms with Crippen LogP contribution in [0.3, 0.4) is 0 Å². The summed E-state index contributed by atoms with van der Waals surface area (Å²) in [5.74, 6) is 0.626. The van der Waals surface area contributed by atoms with Crippen molar-refractivity contribution in [2.75, 3.05) is 60.5 Å². The van der Waals surface area contributed by atoms with Gasteiger partial charge in [0, 0.05) is 44.0 Å². The van der Waals surface area contributed by atoms with Crippen molar-refractivity contribution in [3.05, 3.63) is 0 Å². The van der Waals surface area contributed by atoms with Crippen LogP contribution < -0.4 is 0 Å². The number of aliphatic carboxylic acids is 1. The second kappa shape index (κ2) is 72.8. The summed E-state index contributed by atoms with van der Waals surface area (Å²) in [6.45, 7) is 25.2. The lowest BCUT2D eigenvalue weighted by molar-refractivity contribution is -0.135. The van der Waals surface area contributed by atoms with Crippen molar-refractivity contribution in [2.24, 2.45) is 17.8 Å². The molecule has 5 atom stereocenters. The molecule has 0 heterocycles. The zero-order chi connectivity index (χ0) is 51.1. The number of aliphatic hydroxyl groups is 8. The average Bonchev–Trinajstić information content (AvgIpc) is 3.27. The maximum absolute atomic E-state index is 10.2. The second-order valence-corrected chi connectivity index (χ2v) is 15.1. The topological polar surface area (TPSA) is 270 Å². The number of carbonyl (C=O) groups excluding carboxylic acids is 2. The maximum atomic E-state index is 10.2. The van der Waals surface area contributed by atoms with Gasteiger partial charge in [0.25, 0.3) is 0 Å². The second-order valence-electron chi connectivity index (χ2n) is 13.4. The van der Waals surface area contributed by atoms with E-state index in [9.17, 15) is 14.4 Å². The summed E-state index contributed by atoms with van der Waals surface area (Å²) in [6, 6.07) is 0. The molecule has 0 rings (SSSR count). The summed E-state index contributed by atoms with van der Waals surface area (Å²) >= 11 is 19.4. The Labute approximate surface area is 402 Å². The van der Waals surface area contributed by atoms with E-state index in [-0.39, 0.29) is 45.6 Å². The highest BCUT2D eigenvalue weighted by molar-refractivity contribution is 6.61. The summed E-state index contributed by atoms with van der Waals surface area (Å²) in [5, 5.41) is 74.0. The predicted molar refractivity (Wildman–Crippen MR) is 259 cm³/mol. The highest BCUT2D eigenvalue weighted by Gasteiger charge is 2.09. The molecule has 63 heavy (non-hydrogen) atoms. The molecule has 0 radical (unpaired) electrons. The molecule has 0 aromatic carbocycles. The SMILES string of the molecule is C.CCC(C)CC.CCC(C)CO.CCC(C)COC(=O)Cl.CCC(COC)OC(=O)Cl.CCC(O)CC.CCC(O)CO.CCC(O)COC.O=C(O)C(Cl)Cl.OCC(O)CO. The van der Waals surface area contributed by atoms with Crippen molar-refractivity contribution in [1.29, 1.82) is 0 Å². The molecule has 0 saturated heterocycles. The van der Waals surface area contributed by atoms with Crippen LogP contribution in [0.15, 0.2) is 0 Å². The van der Waals surface area contributed by atoms with Gasteiger partial charge in [0.15, 0.2) is 0 Å². The fourth-order valence-corrected chi connectivity index (χ4v) is 2.27. The van der Waals surface area contributed by atoms with Gasteiger partial charge in [-0.2, -0.15) is 0 Å². The number of rotatable bonds is 21. The van der Waals surface area contributed by atoms with Crippen LogP contribution in [0.2, 0.25) is 0 Å². The summed E-state index contributed by atoms with van der Waals surface area (Å²) in [5.41, 5.74) is -1.49. The zero-order valence-corrected chi connectivity index (χ0v) is 43.4. The molecule has 16 nitrogen and oxygen atoms in total. The fraction of sp³-hybridized carbons (Fsp3) is 0.930. The van der Waals surface area contributed by atoms with Gasteiger partial charge in [-0.25, -0.2) is 14.4 Å². The van der Waals surface area contributed by atoms with Gasteiger partial charge < -0.3 is 64.9 Å². The molecule has 0 spiro atoms. The highest BCUT2D eigenvalue weighted by Crippen LogP contribution is 2.04. The molecular weight excluding hydrogens is 914 g/mol. The molecule has 392 valence electrons. The summed E-state index contributed by atoms with van der Waals surface area (Å²) < 4.78 is 18.6. The van der Waals surface area contributed by atoms with Crippen molar-refractivity contribution in [1.82, 2.24) is 0 Å². The Bertz CT molecular complexity index is 762. The number of halogens is 4. The number of ether oxygens (including phenoxy) is 4. The van der Waals surface area contributed by atoms with E-state index in [2.05, 4.69) is 41.9 Å². The average molecular weight is 1010 g/mol. The summed E-state index contributed by atoms with van der Waals surface area (Å²) in [7, 11) is 3.13. The number of hydrogen-bond acceptors (Lipinski definition) is 15. The fourth-order valence-electron chi connectivity index (χ4n) is 2.08. The Morgan fingerprint density at radius 2 is 0.825 bits per heavy atom. The predicted octanol–water partition coefficient (Wildman–Crippen LogP) is 8.83. The van der Waals surface area contributed by atoms with Gasteiger partial charge in [0.05, 0.1) is 58.0 Å². The molecule has 0 bridgehead atoms. The van der Waals surface area contributed by atoms with Crippen molar-refractivity contribution >= 4 is 63.2 Å². The molecule has 0 fully saturated rings. The normalized spacial score (nSPS) is 11.9. The van der Waals surface area contributed by atoms with Gasteiger partial charge in [0.1, 0.15) is 12.2 Å². The zero-order valence-electron chi connectivity index (χ0n) is 40.4. The Morgan fingerprint density at radius 3 is 0.937 bits per heavy atom. The summed E-state index contributed by atoms with van der Waals surface area (Å²) in [6.07, 6.45) is 6.62. The van der Waals surface area contributed by atoms with Gasteiger partial charge in [-0.1, -0.05) is 139 Å². The van der Waals surface area contributed by atoms with Crippen LogP contribution in [-0.4, -0.2) is 159 Å². The van der Waals surface area contributed by atoms with Crippen LogP contribution in [0.5, 0.6) is 0 Å². The van der Waals surface area contributed by atoms with Crippen LogP contribution >= 0.6 is 46.4 Å². The number of carboxylic acid groups (broad SMARTS) is 1. The Hall–Kier alpha value is -0.830. The molecule has 5 unspecified atom stereocenters. The van der Waals surface area contributed by atoms with E-state index in [4.69, 9.17) is 97.1 Å². The van der Waals surface area contributed by atoms with Crippen molar-refractivity contribution in [3.63, 3.8) is 0 Å². The van der Waals surface area contributed by atoms with Crippen LogP contribution in [0.25, 0.3) is 0 Å². The van der Waals surface area contributed by atoms with Gasteiger partial charge >= 0.3 is 16.8 Å².